The summed E-state index contributed by atoms with van der Waals surface area (Å²) in [6.07, 6.45) is 0.672. The number of carbonyl (C=O) groups is 2. The van der Waals surface area contributed by atoms with Crippen molar-refractivity contribution in [1.82, 2.24) is 0 Å². The van der Waals surface area contributed by atoms with E-state index in [4.69, 9.17) is 11.6 Å². The standard InChI is InChI=1S/C13H12ClNO2/c1-8(2)6-7-15-10-5-3-4-9(14)11(10)12(16)13(15)17/h3-5H,1,6-7H2,2H3. The number of carbonyl (C=O) groups excluding carboxylic acids is 2. The van der Waals surface area contributed by atoms with Crippen LogP contribution in [-0.2, 0) is 4.79 Å². The van der Waals surface area contributed by atoms with Gasteiger partial charge in [0.1, 0.15) is 0 Å². The van der Waals surface area contributed by atoms with Crippen molar-refractivity contribution in [3.63, 3.8) is 0 Å². The second kappa shape index (κ2) is 4.34. The Morgan fingerprint density at radius 2 is 2.12 bits per heavy atom. The van der Waals surface area contributed by atoms with Gasteiger partial charge < -0.3 is 4.90 Å². The number of rotatable bonds is 3. The van der Waals surface area contributed by atoms with Crippen molar-refractivity contribution in [2.45, 2.75) is 13.3 Å². The van der Waals surface area contributed by atoms with Gasteiger partial charge in [-0.1, -0.05) is 23.2 Å². The highest BCUT2D eigenvalue weighted by Crippen LogP contribution is 2.34. The highest BCUT2D eigenvalue weighted by molar-refractivity contribution is 6.55. The molecule has 0 aromatic heterocycles. The molecule has 1 aliphatic heterocycles. The Morgan fingerprint density at radius 3 is 2.76 bits per heavy atom. The number of amides is 1. The normalized spacial score (nSPS) is 14.1. The minimum atomic E-state index is -0.521. The third-order valence-corrected chi connectivity index (χ3v) is 3.03. The lowest BCUT2D eigenvalue weighted by molar-refractivity contribution is -0.114. The van der Waals surface area contributed by atoms with E-state index in [0.717, 1.165) is 5.57 Å². The molecule has 1 heterocycles. The molecule has 1 aliphatic rings. The maximum absolute atomic E-state index is 11.8. The molecule has 3 nitrogen and oxygen atoms in total. The second-order valence-corrected chi connectivity index (χ2v) is 4.53. The van der Waals surface area contributed by atoms with Crippen molar-refractivity contribution >= 4 is 29.0 Å². The molecule has 0 N–H and O–H groups in total. The van der Waals surface area contributed by atoms with E-state index in [0.29, 0.717) is 29.2 Å². The molecule has 0 radical (unpaired) electrons. The summed E-state index contributed by atoms with van der Waals surface area (Å²) in [5, 5.41) is 0.332. The summed E-state index contributed by atoms with van der Waals surface area (Å²) in [7, 11) is 0. The topological polar surface area (TPSA) is 37.4 Å². The monoisotopic (exact) mass is 249 g/mol. The minimum absolute atomic E-state index is 0.320. The molecule has 0 atom stereocenters. The number of Topliss-reactive ketones (excluding diaryl/α,β-unsaturated/α-hetero) is 1. The smallest absolute Gasteiger partial charge is 0.299 e. The van der Waals surface area contributed by atoms with E-state index >= 15 is 0 Å². The van der Waals surface area contributed by atoms with E-state index in [1.165, 1.54) is 4.90 Å². The van der Waals surface area contributed by atoms with E-state index in [2.05, 4.69) is 6.58 Å². The summed E-state index contributed by atoms with van der Waals surface area (Å²) < 4.78 is 0. The molecule has 2 rings (SSSR count). The predicted octanol–water partition coefficient (Wildman–Crippen LogP) is 2.84. The molecule has 1 amide bonds. The summed E-state index contributed by atoms with van der Waals surface area (Å²) in [5.74, 6) is -1.03. The number of anilines is 1. The van der Waals surface area contributed by atoms with Crippen molar-refractivity contribution in [3.8, 4) is 0 Å². The number of nitrogens with zero attached hydrogens (tertiary/aromatic N) is 1. The Labute approximate surface area is 105 Å². The van der Waals surface area contributed by atoms with Gasteiger partial charge in [0.2, 0.25) is 0 Å². The molecule has 0 fully saturated rings. The van der Waals surface area contributed by atoms with Crippen LogP contribution in [0.4, 0.5) is 5.69 Å². The first-order chi connectivity index (χ1) is 8.02. The van der Waals surface area contributed by atoms with Crippen molar-refractivity contribution < 1.29 is 9.59 Å². The summed E-state index contributed by atoms with van der Waals surface area (Å²) in [4.78, 5) is 25.1. The van der Waals surface area contributed by atoms with Gasteiger partial charge in [-0.15, -0.1) is 6.58 Å². The molecule has 0 saturated carbocycles. The van der Waals surface area contributed by atoms with Gasteiger partial charge in [0, 0.05) is 6.54 Å². The molecular weight excluding hydrogens is 238 g/mol. The number of fused-ring (bicyclic) bond motifs is 1. The van der Waals surface area contributed by atoms with Gasteiger partial charge >= 0.3 is 0 Å². The van der Waals surface area contributed by atoms with Crippen molar-refractivity contribution in [1.29, 1.82) is 0 Å². The zero-order valence-corrected chi connectivity index (χ0v) is 10.3. The first-order valence-corrected chi connectivity index (χ1v) is 5.69. The predicted molar refractivity (Wildman–Crippen MR) is 67.6 cm³/mol. The maximum Gasteiger partial charge on any atom is 0.299 e. The average molecular weight is 250 g/mol. The number of halogens is 1. The lowest BCUT2D eigenvalue weighted by Crippen LogP contribution is -2.30. The summed E-state index contributed by atoms with van der Waals surface area (Å²) in [6.45, 7) is 6.14. The van der Waals surface area contributed by atoms with Crippen molar-refractivity contribution in [2.75, 3.05) is 11.4 Å². The van der Waals surface area contributed by atoms with Gasteiger partial charge in [0.25, 0.3) is 11.7 Å². The third kappa shape index (κ3) is 1.98. The summed E-state index contributed by atoms with van der Waals surface area (Å²) >= 11 is 5.94. The largest absolute Gasteiger partial charge is 0.304 e. The van der Waals surface area contributed by atoms with Gasteiger partial charge in [-0.2, -0.15) is 0 Å². The van der Waals surface area contributed by atoms with Gasteiger partial charge in [0.15, 0.2) is 0 Å². The third-order valence-electron chi connectivity index (χ3n) is 2.71. The highest BCUT2D eigenvalue weighted by atomic mass is 35.5. The van der Waals surface area contributed by atoms with Crippen LogP contribution in [0.25, 0.3) is 0 Å². The fourth-order valence-electron chi connectivity index (χ4n) is 1.83. The Morgan fingerprint density at radius 1 is 1.41 bits per heavy atom. The zero-order valence-electron chi connectivity index (χ0n) is 9.50. The van der Waals surface area contributed by atoms with E-state index in [1.807, 2.05) is 6.92 Å². The Balaban J connectivity index is 2.38. The number of hydrogen-bond donors (Lipinski definition) is 0. The van der Waals surface area contributed by atoms with E-state index in [-0.39, 0.29) is 0 Å². The Bertz CT molecular complexity index is 522. The Kier molecular flexibility index (Phi) is 3.03. The fraction of sp³-hybridized carbons (Fsp3) is 0.231. The van der Waals surface area contributed by atoms with Crippen LogP contribution in [0.3, 0.4) is 0 Å². The molecule has 0 bridgehead atoms. The maximum atomic E-state index is 11.8. The van der Waals surface area contributed by atoms with Gasteiger partial charge in [0.05, 0.1) is 16.3 Å². The summed E-state index contributed by atoms with van der Waals surface area (Å²) in [6, 6.07) is 5.09. The molecule has 17 heavy (non-hydrogen) atoms. The zero-order chi connectivity index (χ0) is 12.6. The minimum Gasteiger partial charge on any atom is -0.304 e. The van der Waals surface area contributed by atoms with Gasteiger partial charge in [-0.05, 0) is 25.5 Å². The molecule has 0 spiro atoms. The van der Waals surface area contributed by atoms with E-state index < -0.39 is 11.7 Å². The molecule has 0 unspecified atom stereocenters. The highest BCUT2D eigenvalue weighted by Gasteiger charge is 2.36. The first-order valence-electron chi connectivity index (χ1n) is 5.31. The molecule has 1 aromatic carbocycles. The molecule has 1 aromatic rings. The van der Waals surface area contributed by atoms with Crippen molar-refractivity contribution in [3.05, 3.63) is 40.9 Å². The lowest BCUT2D eigenvalue weighted by Gasteiger charge is -2.16. The quantitative estimate of drug-likeness (QED) is 0.610. The van der Waals surface area contributed by atoms with Crippen LogP contribution in [0.5, 0.6) is 0 Å². The molecule has 0 saturated heterocycles. The van der Waals surface area contributed by atoms with Crippen molar-refractivity contribution in [2.24, 2.45) is 0 Å². The summed E-state index contributed by atoms with van der Waals surface area (Å²) in [5.41, 5.74) is 1.90. The van der Waals surface area contributed by atoms with E-state index in [9.17, 15) is 9.59 Å². The van der Waals surface area contributed by atoms with Crippen LogP contribution in [0, 0.1) is 0 Å². The molecular formula is C13H12ClNO2. The first kappa shape index (κ1) is 11.9. The van der Waals surface area contributed by atoms with Crippen LogP contribution < -0.4 is 4.90 Å². The average Bonchev–Trinajstić information content (AvgIpc) is 2.51. The van der Waals surface area contributed by atoms with Crippen LogP contribution >= 0.6 is 11.6 Å². The van der Waals surface area contributed by atoms with Crippen LogP contribution in [0.15, 0.2) is 30.4 Å². The number of hydrogen-bond acceptors (Lipinski definition) is 2. The lowest BCUT2D eigenvalue weighted by atomic mass is 10.1. The number of benzene rings is 1. The van der Waals surface area contributed by atoms with Crippen LogP contribution in [0.2, 0.25) is 5.02 Å². The molecule has 88 valence electrons. The molecule has 0 aliphatic carbocycles. The number of ketones is 1. The van der Waals surface area contributed by atoms with Gasteiger partial charge in [-0.3, -0.25) is 9.59 Å². The second-order valence-electron chi connectivity index (χ2n) is 4.13. The van der Waals surface area contributed by atoms with Crippen LogP contribution in [-0.4, -0.2) is 18.2 Å². The Hall–Kier alpha value is -1.61. The fourth-order valence-corrected chi connectivity index (χ4v) is 2.08. The van der Waals surface area contributed by atoms with Crippen LogP contribution in [0.1, 0.15) is 23.7 Å². The van der Waals surface area contributed by atoms with Gasteiger partial charge in [-0.25, -0.2) is 0 Å². The molecule has 4 heteroatoms. The SMILES string of the molecule is C=C(C)CCN1C(=O)C(=O)c2c(Cl)cccc21. The van der Waals surface area contributed by atoms with E-state index in [1.54, 1.807) is 18.2 Å².